The Morgan fingerprint density at radius 1 is 1.19 bits per heavy atom. The number of nitrogens with zero attached hydrogens (tertiary/aromatic N) is 4. The Bertz CT molecular complexity index is 885. The first-order valence-electron chi connectivity index (χ1n) is 8.74. The van der Waals surface area contributed by atoms with Gasteiger partial charge in [-0.05, 0) is 37.4 Å². The number of anilines is 1. The molecule has 2 aromatic rings. The second kappa shape index (κ2) is 7.47. The summed E-state index contributed by atoms with van der Waals surface area (Å²) in [5.41, 5.74) is 8.55. The first-order chi connectivity index (χ1) is 12.5. The van der Waals surface area contributed by atoms with E-state index in [9.17, 15) is 4.79 Å². The van der Waals surface area contributed by atoms with E-state index in [1.54, 1.807) is 13.0 Å². The minimum atomic E-state index is 0.142. The van der Waals surface area contributed by atoms with Crippen LogP contribution < -0.4 is 10.6 Å². The fourth-order valence-corrected chi connectivity index (χ4v) is 3.34. The van der Waals surface area contributed by atoms with Crippen molar-refractivity contribution in [3.8, 4) is 0 Å². The Hall–Kier alpha value is -3.02. The first-order valence-corrected chi connectivity index (χ1v) is 8.74. The summed E-state index contributed by atoms with van der Waals surface area (Å²) in [4.78, 5) is 20.3. The molecule has 1 aromatic heterocycles. The molecule has 1 saturated heterocycles. The zero-order valence-corrected chi connectivity index (χ0v) is 15.4. The molecule has 0 saturated carbocycles. The highest BCUT2D eigenvalue weighted by molar-refractivity contribution is 6.04. The lowest BCUT2D eigenvalue weighted by molar-refractivity contribution is -0.129. The third kappa shape index (κ3) is 3.49. The number of hydrogen-bond donors (Lipinski definition) is 1. The summed E-state index contributed by atoms with van der Waals surface area (Å²) < 4.78 is 2.02. The number of rotatable bonds is 3. The number of carbonyl (C=O) groups is 1. The van der Waals surface area contributed by atoms with E-state index in [0.717, 1.165) is 48.6 Å². The fourth-order valence-electron chi connectivity index (χ4n) is 3.34. The van der Waals surface area contributed by atoms with Gasteiger partial charge in [-0.15, -0.1) is 0 Å². The van der Waals surface area contributed by atoms with Gasteiger partial charge in [0.1, 0.15) is 5.84 Å². The van der Waals surface area contributed by atoms with Crippen LogP contribution in [0.1, 0.15) is 13.8 Å². The maximum Gasteiger partial charge on any atom is 0.219 e. The Labute approximate surface area is 153 Å². The molecule has 2 heterocycles. The maximum atomic E-state index is 11.5. The van der Waals surface area contributed by atoms with Crippen molar-refractivity contribution in [1.82, 2.24) is 9.47 Å². The molecule has 0 radical (unpaired) electrons. The first kappa shape index (κ1) is 17.8. The van der Waals surface area contributed by atoms with Crippen LogP contribution in [0.5, 0.6) is 0 Å². The summed E-state index contributed by atoms with van der Waals surface area (Å²) in [6.07, 6.45) is 5.26. The number of amides is 1. The van der Waals surface area contributed by atoms with Gasteiger partial charge in [-0.1, -0.05) is 12.6 Å². The molecule has 6 nitrogen and oxygen atoms in total. The topological polar surface area (TPSA) is 66.9 Å². The van der Waals surface area contributed by atoms with Crippen LogP contribution in [0, 0.1) is 0 Å². The van der Waals surface area contributed by atoms with E-state index in [1.807, 2.05) is 22.6 Å². The highest BCUT2D eigenvalue weighted by Crippen LogP contribution is 2.29. The molecule has 0 unspecified atom stereocenters. The van der Waals surface area contributed by atoms with Crippen LogP contribution in [0.15, 0.2) is 60.0 Å². The van der Waals surface area contributed by atoms with Crippen molar-refractivity contribution < 1.29 is 4.79 Å². The second-order valence-electron chi connectivity index (χ2n) is 6.45. The summed E-state index contributed by atoms with van der Waals surface area (Å²) in [6, 6.07) is 8.35. The van der Waals surface area contributed by atoms with E-state index in [2.05, 4.69) is 40.7 Å². The molecular weight excluding hydrogens is 326 g/mol. The second-order valence-corrected chi connectivity index (χ2v) is 6.45. The van der Waals surface area contributed by atoms with Crippen molar-refractivity contribution in [3.63, 3.8) is 0 Å². The maximum absolute atomic E-state index is 11.5. The number of carbonyl (C=O) groups excluding carboxylic acids is 1. The highest BCUT2D eigenvalue weighted by atomic mass is 16.2. The van der Waals surface area contributed by atoms with Crippen LogP contribution in [-0.2, 0) is 4.79 Å². The van der Waals surface area contributed by atoms with Gasteiger partial charge in [-0.25, -0.2) is 4.99 Å². The largest absolute Gasteiger partial charge is 0.404 e. The van der Waals surface area contributed by atoms with Crippen molar-refractivity contribution >= 4 is 28.3 Å². The van der Waals surface area contributed by atoms with E-state index in [4.69, 9.17) is 5.73 Å². The van der Waals surface area contributed by atoms with Crippen molar-refractivity contribution in [2.24, 2.45) is 10.7 Å². The summed E-state index contributed by atoms with van der Waals surface area (Å²) in [7, 11) is 0. The van der Waals surface area contributed by atoms with E-state index in [1.165, 1.54) is 11.9 Å². The van der Waals surface area contributed by atoms with Crippen LogP contribution in [0.3, 0.4) is 0 Å². The van der Waals surface area contributed by atoms with Gasteiger partial charge in [0, 0.05) is 56.1 Å². The lowest BCUT2D eigenvalue weighted by Gasteiger charge is -2.36. The summed E-state index contributed by atoms with van der Waals surface area (Å²) >= 11 is 0. The molecule has 0 bridgehead atoms. The van der Waals surface area contributed by atoms with Gasteiger partial charge in [-0.3, -0.25) is 4.79 Å². The molecule has 1 aromatic carbocycles. The summed E-state index contributed by atoms with van der Waals surface area (Å²) in [5.74, 6) is 0.872. The number of nitrogens with two attached hydrogens (primary N) is 1. The minimum Gasteiger partial charge on any atom is -0.404 e. The molecular formula is C20H25N5O. The van der Waals surface area contributed by atoms with E-state index < -0.39 is 0 Å². The fraction of sp³-hybridized carbons (Fsp3) is 0.300. The van der Waals surface area contributed by atoms with Gasteiger partial charge >= 0.3 is 0 Å². The van der Waals surface area contributed by atoms with Gasteiger partial charge < -0.3 is 20.1 Å². The number of allylic oxidation sites excluding steroid dienone is 2. The number of hydrogen-bond acceptors (Lipinski definition) is 4. The number of benzene rings is 1. The molecule has 136 valence electrons. The Morgan fingerprint density at radius 3 is 2.54 bits per heavy atom. The van der Waals surface area contributed by atoms with Crippen molar-refractivity contribution in [2.75, 3.05) is 31.1 Å². The van der Waals surface area contributed by atoms with Gasteiger partial charge in [0.15, 0.2) is 0 Å². The van der Waals surface area contributed by atoms with Crippen LogP contribution >= 0.6 is 0 Å². The lowest BCUT2D eigenvalue weighted by atomic mass is 10.1. The van der Waals surface area contributed by atoms with E-state index in [0.29, 0.717) is 0 Å². The lowest BCUT2D eigenvalue weighted by Crippen LogP contribution is -2.48. The van der Waals surface area contributed by atoms with Gasteiger partial charge in [0.05, 0.1) is 5.52 Å². The molecule has 0 aliphatic carbocycles. The normalized spacial score (nSPS) is 15.8. The predicted octanol–water partition coefficient (Wildman–Crippen LogP) is 2.56. The van der Waals surface area contributed by atoms with Crippen LogP contribution in [0.25, 0.3) is 10.9 Å². The van der Waals surface area contributed by atoms with E-state index >= 15 is 0 Å². The van der Waals surface area contributed by atoms with Crippen molar-refractivity contribution in [3.05, 3.63) is 55.0 Å². The van der Waals surface area contributed by atoms with Gasteiger partial charge in [0.2, 0.25) is 5.91 Å². The molecule has 26 heavy (non-hydrogen) atoms. The quantitative estimate of drug-likeness (QED) is 0.683. The van der Waals surface area contributed by atoms with E-state index in [-0.39, 0.29) is 5.91 Å². The average Bonchev–Trinajstić information content (AvgIpc) is 3.05. The summed E-state index contributed by atoms with van der Waals surface area (Å²) in [6.45, 7) is 10.5. The monoisotopic (exact) mass is 351 g/mol. The molecule has 0 spiro atoms. The van der Waals surface area contributed by atoms with Crippen molar-refractivity contribution in [1.29, 1.82) is 0 Å². The Balaban J connectivity index is 1.97. The summed E-state index contributed by atoms with van der Waals surface area (Å²) in [5, 5.41) is 1.16. The van der Waals surface area contributed by atoms with Crippen molar-refractivity contribution in [2.45, 2.75) is 13.8 Å². The smallest absolute Gasteiger partial charge is 0.219 e. The zero-order valence-electron chi connectivity index (χ0n) is 15.4. The third-order valence-electron chi connectivity index (χ3n) is 4.57. The predicted molar refractivity (Wildman–Crippen MR) is 107 cm³/mol. The molecule has 1 aliphatic rings. The van der Waals surface area contributed by atoms with Gasteiger partial charge in [0.25, 0.3) is 0 Å². The molecule has 2 N–H and O–H groups in total. The number of fused-ring (bicyclic) bond motifs is 1. The highest BCUT2D eigenvalue weighted by Gasteiger charge is 2.20. The van der Waals surface area contributed by atoms with Crippen LogP contribution in [0.2, 0.25) is 0 Å². The molecule has 1 aliphatic heterocycles. The number of aromatic nitrogens is 1. The Morgan fingerprint density at radius 2 is 1.92 bits per heavy atom. The average molecular weight is 351 g/mol. The number of aliphatic imine (C=N–C) groups is 1. The molecule has 6 heteroatoms. The molecule has 1 amide bonds. The Kier molecular flexibility index (Phi) is 5.11. The van der Waals surface area contributed by atoms with Crippen LogP contribution in [0.4, 0.5) is 5.69 Å². The van der Waals surface area contributed by atoms with Gasteiger partial charge in [-0.2, -0.15) is 0 Å². The third-order valence-corrected chi connectivity index (χ3v) is 4.57. The van der Waals surface area contributed by atoms with Crippen LogP contribution in [-0.4, -0.2) is 47.4 Å². The SMILES string of the molecule is C=C(C)N=C(/C=C\N)n1ccc2c(N3CCN(C(C)=O)CC3)cccc21. The number of piperazine rings is 1. The zero-order chi connectivity index (χ0) is 18.7. The molecule has 1 fully saturated rings. The molecule has 3 rings (SSSR count). The minimum absolute atomic E-state index is 0.142. The molecule has 0 atom stereocenters. The standard InChI is InChI=1S/C20H25N5O/c1-15(2)22-20(7-9-21)25-10-8-17-18(5-4-6-19(17)25)24-13-11-23(12-14-24)16(3)26/h4-10H,1,11-14,21H2,2-3H3/b9-7-,22-20?.